The van der Waals surface area contributed by atoms with Gasteiger partial charge in [-0.3, -0.25) is 0 Å². The molecule has 1 aromatic carbocycles. The third-order valence-corrected chi connectivity index (χ3v) is 3.11. The van der Waals surface area contributed by atoms with Crippen molar-refractivity contribution in [2.45, 2.75) is 20.0 Å². The number of carbonyl (C=O) groups is 1. The van der Waals surface area contributed by atoms with E-state index in [1.54, 1.807) is 19.0 Å². The molecule has 0 saturated carbocycles. The number of aryl methyl sites for hydroxylation is 1. The highest BCUT2D eigenvalue weighted by Crippen LogP contribution is 2.16. The van der Waals surface area contributed by atoms with E-state index in [1.807, 2.05) is 24.3 Å². The molecule has 0 saturated heterocycles. The van der Waals surface area contributed by atoms with Crippen molar-refractivity contribution in [2.75, 3.05) is 19.0 Å². The van der Waals surface area contributed by atoms with E-state index in [4.69, 9.17) is 9.84 Å². The number of hydrogen-bond acceptors (Lipinski definition) is 5. The van der Waals surface area contributed by atoms with Gasteiger partial charge in [-0.15, -0.1) is 0 Å². The first-order valence-corrected chi connectivity index (χ1v) is 7.00. The Morgan fingerprint density at radius 1 is 1.27 bits per heavy atom. The molecular weight excluding hydrogens is 282 g/mol. The van der Waals surface area contributed by atoms with Crippen LogP contribution in [0, 0.1) is 0 Å². The van der Waals surface area contributed by atoms with Gasteiger partial charge in [0.15, 0.2) is 11.5 Å². The first-order chi connectivity index (χ1) is 10.5. The lowest BCUT2D eigenvalue weighted by atomic mass is 10.2. The lowest BCUT2D eigenvalue weighted by molar-refractivity contribution is 0.0689. The number of aromatic carboxylic acids is 1. The third kappa shape index (κ3) is 3.94. The minimum absolute atomic E-state index is 0.0420. The molecule has 1 heterocycles. The van der Waals surface area contributed by atoms with Crippen molar-refractivity contribution in [1.82, 2.24) is 9.97 Å². The van der Waals surface area contributed by atoms with Crippen molar-refractivity contribution < 1.29 is 14.6 Å². The van der Waals surface area contributed by atoms with E-state index in [1.165, 1.54) is 11.6 Å². The van der Waals surface area contributed by atoms with Crippen molar-refractivity contribution in [3.05, 3.63) is 47.4 Å². The number of nitrogens with zero attached hydrogens (tertiary/aromatic N) is 3. The van der Waals surface area contributed by atoms with Crippen molar-refractivity contribution in [3.8, 4) is 5.75 Å². The Hall–Kier alpha value is -2.63. The van der Waals surface area contributed by atoms with Crippen molar-refractivity contribution in [3.63, 3.8) is 0 Å². The molecule has 6 heteroatoms. The third-order valence-electron chi connectivity index (χ3n) is 3.11. The second-order valence-electron chi connectivity index (χ2n) is 5.02. The Bertz CT molecular complexity index is 671. The maximum absolute atomic E-state index is 11.1. The lowest BCUT2D eigenvalue weighted by Crippen LogP contribution is -2.16. The second-order valence-corrected chi connectivity index (χ2v) is 5.02. The smallest absolute Gasteiger partial charge is 0.354 e. The minimum atomic E-state index is -1.08. The monoisotopic (exact) mass is 301 g/mol. The van der Waals surface area contributed by atoms with Gasteiger partial charge in [0.05, 0.1) is 0 Å². The summed E-state index contributed by atoms with van der Waals surface area (Å²) in [5.41, 5.74) is 1.13. The van der Waals surface area contributed by atoms with Gasteiger partial charge in [-0.05, 0) is 24.1 Å². The van der Waals surface area contributed by atoms with Crippen LogP contribution in [-0.4, -0.2) is 35.1 Å². The molecule has 0 aliphatic carbocycles. The number of benzene rings is 1. The Labute approximate surface area is 129 Å². The van der Waals surface area contributed by atoms with Crippen molar-refractivity contribution in [2.24, 2.45) is 0 Å². The van der Waals surface area contributed by atoms with E-state index in [-0.39, 0.29) is 12.3 Å². The highest BCUT2D eigenvalue weighted by molar-refractivity contribution is 5.86. The largest absolute Gasteiger partial charge is 0.486 e. The molecule has 0 aliphatic rings. The van der Waals surface area contributed by atoms with Gasteiger partial charge in [0.1, 0.15) is 18.2 Å². The van der Waals surface area contributed by atoms with Gasteiger partial charge in [0, 0.05) is 20.2 Å². The quantitative estimate of drug-likeness (QED) is 0.883. The zero-order valence-corrected chi connectivity index (χ0v) is 12.9. The van der Waals surface area contributed by atoms with Crippen LogP contribution in [0.1, 0.15) is 28.8 Å². The summed E-state index contributed by atoms with van der Waals surface area (Å²) in [6.07, 6.45) is 0.924. The zero-order valence-electron chi connectivity index (χ0n) is 12.9. The van der Waals surface area contributed by atoms with Crippen LogP contribution in [0.5, 0.6) is 5.75 Å². The fourth-order valence-corrected chi connectivity index (χ4v) is 1.89. The molecular formula is C16H19N3O3. The molecule has 0 fully saturated rings. The number of carboxylic acids is 1. The predicted octanol–water partition coefficient (Wildman–Crippen LogP) is 2.38. The van der Waals surface area contributed by atoms with E-state index < -0.39 is 5.97 Å². The molecule has 0 atom stereocenters. The summed E-state index contributed by atoms with van der Waals surface area (Å²) in [5.74, 6) is 0.508. The first-order valence-electron chi connectivity index (χ1n) is 7.00. The first kappa shape index (κ1) is 15.8. The van der Waals surface area contributed by atoms with Crippen LogP contribution in [0.2, 0.25) is 0 Å². The minimum Gasteiger partial charge on any atom is -0.486 e. The van der Waals surface area contributed by atoms with Gasteiger partial charge in [0.2, 0.25) is 0 Å². The zero-order chi connectivity index (χ0) is 16.1. The summed E-state index contributed by atoms with van der Waals surface area (Å²) in [5, 5.41) is 9.12. The van der Waals surface area contributed by atoms with Crippen LogP contribution in [0.25, 0.3) is 0 Å². The molecule has 2 rings (SSSR count). The Morgan fingerprint density at radius 2 is 2.05 bits per heavy atom. The highest BCUT2D eigenvalue weighted by Gasteiger charge is 2.12. The lowest BCUT2D eigenvalue weighted by Gasteiger charge is -2.13. The van der Waals surface area contributed by atoms with E-state index in [9.17, 15) is 4.79 Å². The van der Waals surface area contributed by atoms with Crippen molar-refractivity contribution >= 4 is 11.8 Å². The van der Waals surface area contributed by atoms with Crippen molar-refractivity contribution in [1.29, 1.82) is 0 Å². The van der Waals surface area contributed by atoms with Gasteiger partial charge in [-0.2, -0.15) is 0 Å². The topological polar surface area (TPSA) is 75.6 Å². The number of anilines is 1. The summed E-state index contributed by atoms with van der Waals surface area (Å²) in [4.78, 5) is 21.2. The van der Waals surface area contributed by atoms with Crippen LogP contribution >= 0.6 is 0 Å². The Kier molecular flexibility index (Phi) is 4.93. The summed E-state index contributed by atoms with van der Waals surface area (Å²) in [6, 6.07) is 9.19. The van der Waals surface area contributed by atoms with Crippen LogP contribution in [0.15, 0.2) is 30.3 Å². The van der Waals surface area contributed by atoms with Gasteiger partial charge in [-0.1, -0.05) is 19.1 Å². The second kappa shape index (κ2) is 6.89. The standard InChI is InChI=1S/C16H19N3O3/c1-4-11-6-5-7-12(8-11)22-10-14-17-13(16(20)21)9-15(18-14)19(2)3/h5-9H,4,10H2,1-3H3,(H,20,21). The molecule has 0 amide bonds. The average molecular weight is 301 g/mol. The fraction of sp³-hybridized carbons (Fsp3) is 0.312. The Balaban J connectivity index is 2.19. The van der Waals surface area contributed by atoms with E-state index in [2.05, 4.69) is 16.9 Å². The maximum Gasteiger partial charge on any atom is 0.354 e. The number of rotatable bonds is 6. The number of aromatic nitrogens is 2. The van der Waals surface area contributed by atoms with E-state index >= 15 is 0 Å². The molecule has 2 aromatic rings. The Morgan fingerprint density at radius 3 is 2.68 bits per heavy atom. The molecule has 1 aromatic heterocycles. The van der Waals surface area contributed by atoms with Gasteiger partial charge in [0.25, 0.3) is 0 Å². The summed E-state index contributed by atoms with van der Waals surface area (Å²) in [6.45, 7) is 2.19. The van der Waals surface area contributed by atoms with Gasteiger partial charge < -0.3 is 14.7 Å². The van der Waals surface area contributed by atoms with Crippen LogP contribution in [-0.2, 0) is 13.0 Å². The van der Waals surface area contributed by atoms with E-state index in [0.717, 1.165) is 12.2 Å². The number of ether oxygens (including phenoxy) is 1. The summed E-state index contributed by atoms with van der Waals surface area (Å²) >= 11 is 0. The highest BCUT2D eigenvalue weighted by atomic mass is 16.5. The van der Waals surface area contributed by atoms with Gasteiger partial charge >= 0.3 is 5.97 Å². The molecule has 0 spiro atoms. The van der Waals surface area contributed by atoms with Crippen LogP contribution in [0.4, 0.5) is 5.82 Å². The maximum atomic E-state index is 11.1. The molecule has 6 nitrogen and oxygen atoms in total. The predicted molar refractivity (Wildman–Crippen MR) is 83.5 cm³/mol. The van der Waals surface area contributed by atoms with Crippen LogP contribution < -0.4 is 9.64 Å². The number of hydrogen-bond donors (Lipinski definition) is 1. The summed E-state index contributed by atoms with van der Waals surface area (Å²) < 4.78 is 5.67. The van der Waals surface area contributed by atoms with Gasteiger partial charge in [-0.25, -0.2) is 14.8 Å². The summed E-state index contributed by atoms with van der Waals surface area (Å²) in [7, 11) is 3.59. The average Bonchev–Trinajstić information content (AvgIpc) is 2.52. The molecule has 0 bridgehead atoms. The molecule has 0 radical (unpaired) electrons. The molecule has 0 aliphatic heterocycles. The number of carboxylic acid groups (broad SMARTS) is 1. The SMILES string of the molecule is CCc1cccc(OCc2nc(C(=O)O)cc(N(C)C)n2)c1. The van der Waals surface area contributed by atoms with Crippen LogP contribution in [0.3, 0.4) is 0 Å². The van der Waals surface area contributed by atoms with E-state index in [0.29, 0.717) is 11.6 Å². The fourth-order valence-electron chi connectivity index (χ4n) is 1.89. The molecule has 116 valence electrons. The normalized spacial score (nSPS) is 10.3. The molecule has 22 heavy (non-hydrogen) atoms. The molecule has 1 N–H and O–H groups in total. The molecule has 0 unspecified atom stereocenters.